The molecule has 1 aromatic rings. The highest BCUT2D eigenvalue weighted by Gasteiger charge is 2.26. The van der Waals surface area contributed by atoms with Crippen molar-refractivity contribution < 1.29 is 14.3 Å². The highest BCUT2D eigenvalue weighted by molar-refractivity contribution is 7.98. The van der Waals surface area contributed by atoms with E-state index >= 15 is 0 Å². The van der Waals surface area contributed by atoms with Crippen LogP contribution in [0.1, 0.15) is 77.8 Å². The molecule has 1 unspecified atom stereocenters. The Labute approximate surface area is 174 Å². The van der Waals surface area contributed by atoms with E-state index in [-0.39, 0.29) is 17.7 Å². The predicted molar refractivity (Wildman–Crippen MR) is 119 cm³/mol. The molecule has 0 aromatic heterocycles. The van der Waals surface area contributed by atoms with Crippen molar-refractivity contribution in [1.82, 2.24) is 5.32 Å². The summed E-state index contributed by atoms with van der Waals surface area (Å²) in [5.41, 5.74) is 2.44. The highest BCUT2D eigenvalue weighted by Crippen LogP contribution is 2.32. The number of carbonyl (C=O) groups excluding carboxylic acids is 2. The van der Waals surface area contributed by atoms with Gasteiger partial charge in [0.2, 0.25) is 5.91 Å². The lowest BCUT2D eigenvalue weighted by atomic mass is 9.92. The standard InChI is InChI=1S/C22H36N2O3S/c1-14(2)16-10-9-11-17(15(3)4)19(16)24-20(25)18(12-13-28-8)23-21(26)27-22(5,6)7/h9-11,14-15,18H,12-13H2,1-8H3,(H,23,26)(H,24,25). The quantitative estimate of drug-likeness (QED) is 0.594. The van der Waals surface area contributed by atoms with Gasteiger partial charge >= 0.3 is 6.09 Å². The summed E-state index contributed by atoms with van der Waals surface area (Å²) in [6, 6.07) is 5.47. The van der Waals surface area contributed by atoms with Crippen molar-refractivity contribution in [3.63, 3.8) is 0 Å². The summed E-state index contributed by atoms with van der Waals surface area (Å²) >= 11 is 1.64. The largest absolute Gasteiger partial charge is 0.444 e. The normalized spacial score (nSPS) is 12.8. The minimum absolute atomic E-state index is 0.213. The van der Waals surface area contributed by atoms with E-state index in [0.717, 1.165) is 22.6 Å². The van der Waals surface area contributed by atoms with Gasteiger partial charge in [0.25, 0.3) is 0 Å². The maximum Gasteiger partial charge on any atom is 0.408 e. The van der Waals surface area contributed by atoms with Gasteiger partial charge in [0.05, 0.1) is 0 Å². The predicted octanol–water partition coefficient (Wildman–Crippen LogP) is 5.52. The van der Waals surface area contributed by atoms with Gasteiger partial charge < -0.3 is 15.4 Å². The molecule has 6 heteroatoms. The molecule has 0 aliphatic carbocycles. The number of para-hydroxylation sites is 1. The fourth-order valence-corrected chi connectivity index (χ4v) is 3.33. The number of thioether (sulfide) groups is 1. The molecule has 0 radical (unpaired) electrons. The van der Waals surface area contributed by atoms with Gasteiger partial charge in [-0.2, -0.15) is 11.8 Å². The summed E-state index contributed by atoms with van der Waals surface area (Å²) in [7, 11) is 0. The Morgan fingerprint density at radius 2 is 1.61 bits per heavy atom. The number of nitrogens with one attached hydrogen (secondary N) is 2. The van der Waals surface area contributed by atoms with Crippen molar-refractivity contribution in [2.45, 2.75) is 78.4 Å². The van der Waals surface area contributed by atoms with E-state index in [1.165, 1.54) is 0 Å². The third-order valence-corrected chi connectivity index (χ3v) is 4.88. The lowest BCUT2D eigenvalue weighted by Gasteiger charge is -2.25. The second kappa shape index (κ2) is 10.7. The molecule has 28 heavy (non-hydrogen) atoms. The van der Waals surface area contributed by atoms with Crippen molar-refractivity contribution in [2.24, 2.45) is 0 Å². The molecule has 0 aliphatic rings. The van der Waals surface area contributed by atoms with E-state index in [1.54, 1.807) is 32.5 Å². The van der Waals surface area contributed by atoms with E-state index in [0.29, 0.717) is 6.42 Å². The summed E-state index contributed by atoms with van der Waals surface area (Å²) < 4.78 is 5.34. The molecule has 2 N–H and O–H groups in total. The van der Waals surface area contributed by atoms with E-state index in [4.69, 9.17) is 4.74 Å². The second-order valence-electron chi connectivity index (χ2n) is 8.59. The molecule has 5 nitrogen and oxygen atoms in total. The van der Waals surface area contributed by atoms with Crippen molar-refractivity contribution >= 4 is 29.4 Å². The van der Waals surface area contributed by atoms with Crippen molar-refractivity contribution in [1.29, 1.82) is 0 Å². The number of carbonyl (C=O) groups is 2. The average Bonchev–Trinajstić information content (AvgIpc) is 2.56. The van der Waals surface area contributed by atoms with Crippen LogP contribution >= 0.6 is 11.8 Å². The van der Waals surface area contributed by atoms with Gasteiger partial charge in [0.1, 0.15) is 11.6 Å². The van der Waals surface area contributed by atoms with Gasteiger partial charge in [-0.15, -0.1) is 0 Å². The molecule has 0 heterocycles. The van der Waals surface area contributed by atoms with Gasteiger partial charge in [-0.25, -0.2) is 4.79 Å². The van der Waals surface area contributed by atoms with E-state index in [1.807, 2.05) is 24.5 Å². The third kappa shape index (κ3) is 7.74. The van der Waals surface area contributed by atoms with E-state index in [9.17, 15) is 9.59 Å². The molecule has 158 valence electrons. The Morgan fingerprint density at radius 1 is 1.07 bits per heavy atom. The fraction of sp³-hybridized carbons (Fsp3) is 0.636. The summed E-state index contributed by atoms with van der Waals surface area (Å²) in [4.78, 5) is 25.3. The first-order valence-electron chi connectivity index (χ1n) is 9.88. The molecule has 0 saturated carbocycles. The minimum Gasteiger partial charge on any atom is -0.444 e. The third-order valence-electron chi connectivity index (χ3n) is 4.24. The number of anilines is 1. The van der Waals surface area contributed by atoms with Gasteiger partial charge in [-0.05, 0) is 62.2 Å². The fourth-order valence-electron chi connectivity index (χ4n) is 2.86. The van der Waals surface area contributed by atoms with E-state index in [2.05, 4.69) is 38.3 Å². The maximum absolute atomic E-state index is 13.1. The van der Waals surface area contributed by atoms with E-state index < -0.39 is 17.7 Å². The number of hydrogen-bond donors (Lipinski definition) is 2. The lowest BCUT2D eigenvalue weighted by Crippen LogP contribution is -2.46. The van der Waals surface area contributed by atoms with Crippen LogP contribution in [0.2, 0.25) is 0 Å². The van der Waals surface area contributed by atoms with Crippen LogP contribution in [0.4, 0.5) is 10.5 Å². The molecule has 1 atom stereocenters. The monoisotopic (exact) mass is 408 g/mol. The molecule has 0 bridgehead atoms. The number of ether oxygens (including phenoxy) is 1. The van der Waals surface area contributed by atoms with Crippen LogP contribution in [0.15, 0.2) is 18.2 Å². The molecule has 1 aromatic carbocycles. The zero-order chi connectivity index (χ0) is 21.5. The highest BCUT2D eigenvalue weighted by atomic mass is 32.2. The smallest absolute Gasteiger partial charge is 0.408 e. The topological polar surface area (TPSA) is 67.4 Å². The summed E-state index contributed by atoms with van der Waals surface area (Å²) in [6.07, 6.45) is 1.94. The minimum atomic E-state index is -0.650. The Balaban J connectivity index is 3.09. The van der Waals surface area contributed by atoms with Crippen LogP contribution < -0.4 is 10.6 Å². The number of rotatable bonds is 8. The molecule has 1 rings (SSSR count). The van der Waals surface area contributed by atoms with Gasteiger partial charge in [0.15, 0.2) is 0 Å². The average molecular weight is 409 g/mol. The summed E-state index contributed by atoms with van der Waals surface area (Å²) in [6.45, 7) is 13.9. The molecule has 0 spiro atoms. The maximum atomic E-state index is 13.1. The van der Waals surface area contributed by atoms with Gasteiger partial charge in [0, 0.05) is 5.69 Å². The Bertz CT molecular complexity index is 640. The zero-order valence-electron chi connectivity index (χ0n) is 18.5. The molecule has 2 amide bonds. The SMILES string of the molecule is CSCCC(NC(=O)OC(C)(C)C)C(=O)Nc1c(C(C)C)cccc1C(C)C. The molecular weight excluding hydrogens is 372 g/mol. The lowest BCUT2D eigenvalue weighted by molar-refractivity contribution is -0.118. The van der Waals surface area contributed by atoms with Crippen molar-refractivity contribution in [2.75, 3.05) is 17.3 Å². The van der Waals surface area contributed by atoms with Gasteiger partial charge in [-0.3, -0.25) is 4.79 Å². The zero-order valence-corrected chi connectivity index (χ0v) is 19.3. The first-order valence-corrected chi connectivity index (χ1v) is 11.3. The van der Waals surface area contributed by atoms with Gasteiger partial charge in [-0.1, -0.05) is 45.9 Å². The Hall–Kier alpha value is -1.69. The summed E-state index contributed by atoms with van der Waals surface area (Å²) in [5.74, 6) is 1.10. The van der Waals surface area contributed by atoms with Crippen LogP contribution in [0, 0.1) is 0 Å². The number of hydrogen-bond acceptors (Lipinski definition) is 4. The molecule has 0 saturated heterocycles. The number of amides is 2. The van der Waals surface area contributed by atoms with Crippen LogP contribution in [0.5, 0.6) is 0 Å². The first kappa shape index (κ1) is 24.3. The molecule has 0 fully saturated rings. The summed E-state index contributed by atoms with van der Waals surface area (Å²) in [5, 5.41) is 5.84. The van der Waals surface area contributed by atoms with Crippen molar-refractivity contribution in [3.05, 3.63) is 29.3 Å². The Kier molecular flexibility index (Phi) is 9.34. The van der Waals surface area contributed by atoms with Crippen LogP contribution in [-0.4, -0.2) is 35.7 Å². The van der Waals surface area contributed by atoms with Crippen LogP contribution in [0.25, 0.3) is 0 Å². The van der Waals surface area contributed by atoms with Crippen LogP contribution in [-0.2, 0) is 9.53 Å². The first-order chi connectivity index (χ1) is 13.0. The number of benzene rings is 1. The molecule has 0 aliphatic heterocycles. The number of alkyl carbamates (subject to hydrolysis) is 1. The van der Waals surface area contributed by atoms with Crippen molar-refractivity contribution in [3.8, 4) is 0 Å². The Morgan fingerprint density at radius 3 is 2.04 bits per heavy atom. The molecular formula is C22H36N2O3S. The second-order valence-corrected chi connectivity index (χ2v) is 9.58. The van der Waals surface area contributed by atoms with Crippen LogP contribution in [0.3, 0.4) is 0 Å².